The number of aryl methyl sites for hydroxylation is 1. The largest absolute Gasteiger partial charge is 0.341 e. The number of halogens is 1. The van der Waals surface area contributed by atoms with Gasteiger partial charge in [-0.25, -0.2) is 9.97 Å². The first kappa shape index (κ1) is 17.3. The number of anilines is 1. The van der Waals surface area contributed by atoms with E-state index in [9.17, 15) is 0 Å². The van der Waals surface area contributed by atoms with Crippen LogP contribution in [0.4, 0.5) is 5.95 Å². The number of rotatable bonds is 2. The van der Waals surface area contributed by atoms with Gasteiger partial charge in [0.25, 0.3) is 0 Å². The van der Waals surface area contributed by atoms with Crippen molar-refractivity contribution in [1.29, 1.82) is 0 Å². The standard InChI is InChI=1S/C21H19BrN6/c1-12-5-3-4-6-15(12)18-9-16-19-13(2)28(21-23-10-14(22)11-24-21)8-7-17(19)25-20(16)27-26-18/h3-6,9-11,13H,7-8H2,1-2H3,(H,25,27). The normalized spacial score (nSPS) is 16.4. The predicted octanol–water partition coefficient (Wildman–Crippen LogP) is 4.61. The maximum Gasteiger partial charge on any atom is 0.225 e. The van der Waals surface area contributed by atoms with E-state index >= 15 is 0 Å². The molecule has 5 rings (SSSR count). The minimum absolute atomic E-state index is 0.146. The summed E-state index contributed by atoms with van der Waals surface area (Å²) in [4.78, 5) is 14.7. The second kappa shape index (κ2) is 6.67. The molecule has 7 heteroatoms. The van der Waals surface area contributed by atoms with Crippen LogP contribution in [0.15, 0.2) is 47.2 Å². The van der Waals surface area contributed by atoms with Crippen LogP contribution in [0, 0.1) is 6.92 Å². The molecule has 28 heavy (non-hydrogen) atoms. The van der Waals surface area contributed by atoms with Gasteiger partial charge in [-0.1, -0.05) is 24.3 Å². The molecule has 1 aromatic carbocycles. The maximum absolute atomic E-state index is 4.50. The quantitative estimate of drug-likeness (QED) is 0.498. The molecule has 0 bridgehead atoms. The molecule has 1 N–H and O–H groups in total. The van der Waals surface area contributed by atoms with Gasteiger partial charge in [0.15, 0.2) is 5.65 Å². The molecule has 0 radical (unpaired) electrons. The fraction of sp³-hybridized carbons (Fsp3) is 0.238. The Balaban J connectivity index is 1.61. The molecule has 1 atom stereocenters. The van der Waals surface area contributed by atoms with Crippen molar-refractivity contribution in [2.45, 2.75) is 26.3 Å². The molecule has 3 aromatic heterocycles. The molecule has 4 aromatic rings. The van der Waals surface area contributed by atoms with E-state index in [4.69, 9.17) is 0 Å². The molecule has 0 saturated heterocycles. The highest BCUT2D eigenvalue weighted by Crippen LogP contribution is 2.37. The Labute approximate surface area is 171 Å². The number of benzene rings is 1. The molecule has 0 spiro atoms. The fourth-order valence-corrected chi connectivity index (χ4v) is 4.24. The van der Waals surface area contributed by atoms with Gasteiger partial charge < -0.3 is 9.88 Å². The summed E-state index contributed by atoms with van der Waals surface area (Å²) in [6.45, 7) is 5.16. The second-order valence-corrected chi connectivity index (χ2v) is 8.06. The van der Waals surface area contributed by atoms with Crippen LogP contribution in [0.5, 0.6) is 0 Å². The van der Waals surface area contributed by atoms with Gasteiger partial charge in [0.1, 0.15) is 0 Å². The maximum atomic E-state index is 4.50. The van der Waals surface area contributed by atoms with E-state index in [0.717, 1.165) is 45.7 Å². The number of hydrogen-bond acceptors (Lipinski definition) is 5. The summed E-state index contributed by atoms with van der Waals surface area (Å²) in [7, 11) is 0. The zero-order valence-electron chi connectivity index (χ0n) is 15.6. The van der Waals surface area contributed by atoms with E-state index in [1.165, 1.54) is 16.8 Å². The second-order valence-electron chi connectivity index (χ2n) is 7.14. The molecular weight excluding hydrogens is 416 g/mol. The number of fused-ring (bicyclic) bond motifs is 3. The fourth-order valence-electron chi connectivity index (χ4n) is 4.04. The third-order valence-corrected chi connectivity index (χ3v) is 5.86. The Bertz CT molecular complexity index is 1170. The number of nitrogens with zero attached hydrogens (tertiary/aromatic N) is 5. The summed E-state index contributed by atoms with van der Waals surface area (Å²) in [6, 6.07) is 10.6. The van der Waals surface area contributed by atoms with Crippen LogP contribution < -0.4 is 4.90 Å². The number of aromatic amines is 1. The van der Waals surface area contributed by atoms with Crippen LogP contribution in [0.3, 0.4) is 0 Å². The summed E-state index contributed by atoms with van der Waals surface area (Å²) >= 11 is 3.41. The molecule has 1 aliphatic rings. The Hall–Kier alpha value is -2.80. The summed E-state index contributed by atoms with van der Waals surface area (Å²) in [6.07, 6.45) is 4.48. The Kier molecular flexibility index (Phi) is 4.12. The zero-order valence-corrected chi connectivity index (χ0v) is 17.2. The minimum atomic E-state index is 0.146. The van der Waals surface area contributed by atoms with Crippen molar-refractivity contribution in [1.82, 2.24) is 25.1 Å². The van der Waals surface area contributed by atoms with Crippen LogP contribution >= 0.6 is 15.9 Å². The van der Waals surface area contributed by atoms with Gasteiger partial charge in [-0.15, -0.1) is 10.2 Å². The zero-order chi connectivity index (χ0) is 19.3. The van der Waals surface area contributed by atoms with Crippen LogP contribution in [0.25, 0.3) is 22.3 Å². The molecule has 4 heterocycles. The van der Waals surface area contributed by atoms with Gasteiger partial charge in [-0.3, -0.25) is 0 Å². The number of hydrogen-bond donors (Lipinski definition) is 1. The number of aromatic nitrogens is 5. The SMILES string of the molecule is Cc1ccccc1-c1cc2c3c([nH]c2nn1)CCN(c1ncc(Br)cn1)C3C. The smallest absolute Gasteiger partial charge is 0.225 e. The predicted molar refractivity (Wildman–Crippen MR) is 113 cm³/mol. The van der Waals surface area contributed by atoms with Crippen molar-refractivity contribution < 1.29 is 0 Å². The molecule has 0 fully saturated rings. The van der Waals surface area contributed by atoms with Crippen molar-refractivity contribution in [3.8, 4) is 11.3 Å². The third-order valence-electron chi connectivity index (χ3n) is 5.45. The molecule has 6 nitrogen and oxygen atoms in total. The molecule has 1 unspecified atom stereocenters. The average molecular weight is 435 g/mol. The van der Waals surface area contributed by atoms with E-state index in [1.807, 2.05) is 12.1 Å². The van der Waals surface area contributed by atoms with Crippen molar-refractivity contribution in [2.24, 2.45) is 0 Å². The highest BCUT2D eigenvalue weighted by atomic mass is 79.9. The first-order chi connectivity index (χ1) is 13.6. The summed E-state index contributed by atoms with van der Waals surface area (Å²) in [5, 5.41) is 10.1. The average Bonchev–Trinajstić information content (AvgIpc) is 3.08. The lowest BCUT2D eigenvalue weighted by molar-refractivity contribution is 0.607. The lowest BCUT2D eigenvalue weighted by Crippen LogP contribution is -2.34. The van der Waals surface area contributed by atoms with Crippen LogP contribution in [-0.2, 0) is 6.42 Å². The third kappa shape index (κ3) is 2.77. The molecule has 0 saturated carbocycles. The lowest BCUT2D eigenvalue weighted by Gasteiger charge is -2.33. The van der Waals surface area contributed by atoms with E-state index in [2.05, 4.69) is 78.0 Å². The minimum Gasteiger partial charge on any atom is -0.341 e. The Morgan fingerprint density at radius 3 is 2.71 bits per heavy atom. The first-order valence-electron chi connectivity index (χ1n) is 9.30. The molecule has 0 aliphatic carbocycles. The molecular formula is C21H19BrN6. The number of nitrogens with one attached hydrogen (secondary N) is 1. The van der Waals surface area contributed by atoms with Crippen molar-refractivity contribution in [2.75, 3.05) is 11.4 Å². The van der Waals surface area contributed by atoms with E-state index in [-0.39, 0.29) is 6.04 Å². The van der Waals surface area contributed by atoms with Gasteiger partial charge >= 0.3 is 0 Å². The molecule has 140 valence electrons. The van der Waals surface area contributed by atoms with Crippen molar-refractivity contribution in [3.63, 3.8) is 0 Å². The van der Waals surface area contributed by atoms with Crippen molar-refractivity contribution >= 4 is 32.9 Å². The van der Waals surface area contributed by atoms with Crippen LogP contribution in [-0.4, -0.2) is 31.7 Å². The van der Waals surface area contributed by atoms with E-state index in [1.54, 1.807) is 12.4 Å². The van der Waals surface area contributed by atoms with Gasteiger partial charge in [0.05, 0.1) is 16.2 Å². The van der Waals surface area contributed by atoms with E-state index in [0.29, 0.717) is 0 Å². The van der Waals surface area contributed by atoms with Gasteiger partial charge in [0.2, 0.25) is 5.95 Å². The molecule has 1 aliphatic heterocycles. The molecule has 0 amide bonds. The highest BCUT2D eigenvalue weighted by Gasteiger charge is 2.29. The Morgan fingerprint density at radius 1 is 1.14 bits per heavy atom. The summed E-state index contributed by atoms with van der Waals surface area (Å²) < 4.78 is 0.881. The highest BCUT2D eigenvalue weighted by molar-refractivity contribution is 9.10. The Morgan fingerprint density at radius 2 is 1.93 bits per heavy atom. The van der Waals surface area contributed by atoms with Crippen LogP contribution in [0.1, 0.15) is 29.8 Å². The van der Waals surface area contributed by atoms with Crippen LogP contribution in [0.2, 0.25) is 0 Å². The van der Waals surface area contributed by atoms with E-state index < -0.39 is 0 Å². The summed E-state index contributed by atoms with van der Waals surface area (Å²) in [5.74, 6) is 0.747. The topological polar surface area (TPSA) is 70.6 Å². The van der Waals surface area contributed by atoms with Gasteiger partial charge in [0, 0.05) is 47.6 Å². The monoisotopic (exact) mass is 434 g/mol. The van der Waals surface area contributed by atoms with Gasteiger partial charge in [-0.2, -0.15) is 0 Å². The number of H-pyrrole nitrogens is 1. The van der Waals surface area contributed by atoms with Crippen molar-refractivity contribution in [3.05, 3.63) is 64.0 Å². The summed E-state index contributed by atoms with van der Waals surface area (Å²) in [5.41, 5.74) is 6.54. The first-order valence-corrected chi connectivity index (χ1v) is 10.1. The van der Waals surface area contributed by atoms with Gasteiger partial charge in [-0.05, 0) is 41.4 Å². The lowest BCUT2D eigenvalue weighted by atomic mass is 9.97.